The highest BCUT2D eigenvalue weighted by atomic mass is 32.2. The molecule has 0 aliphatic heterocycles. The number of esters is 1. The van der Waals surface area contributed by atoms with E-state index >= 15 is 0 Å². The van der Waals surface area contributed by atoms with Crippen LogP contribution in [0.5, 0.6) is 0 Å². The summed E-state index contributed by atoms with van der Waals surface area (Å²) in [6.45, 7) is 1.51. The van der Waals surface area contributed by atoms with Gasteiger partial charge in [0, 0.05) is 18.9 Å². The lowest BCUT2D eigenvalue weighted by molar-refractivity contribution is -0.109. The number of rotatable bonds is 4. The molecule has 0 atom stereocenters. The molecule has 0 aliphatic carbocycles. The summed E-state index contributed by atoms with van der Waals surface area (Å²) in [5.74, 6) is 0.193. The van der Waals surface area contributed by atoms with Gasteiger partial charge < -0.3 is 10.5 Å². The molecule has 0 radical (unpaired) electrons. The molecule has 0 amide bonds. The molecule has 0 fully saturated rings. The van der Waals surface area contributed by atoms with E-state index in [1.807, 2.05) is 6.08 Å². The molecule has 0 saturated carbocycles. The Morgan fingerprint density at radius 1 is 1.56 bits per heavy atom. The normalized spacial score (nSPS) is 10.6. The van der Waals surface area contributed by atoms with Crippen LogP contribution in [0.15, 0.2) is 18.3 Å². The SMILES string of the molecule is COC(=O)c1cc(C=CCSC(C)=O)cnc1N. The fraction of sp³-hybridized carbons (Fsp3) is 0.250. The molecule has 1 aromatic rings. The fourth-order valence-corrected chi connectivity index (χ4v) is 1.63. The molecule has 0 spiro atoms. The van der Waals surface area contributed by atoms with Gasteiger partial charge >= 0.3 is 5.97 Å². The minimum absolute atomic E-state index is 0.0605. The second-order valence-corrected chi connectivity index (χ2v) is 4.59. The van der Waals surface area contributed by atoms with Gasteiger partial charge in [0.1, 0.15) is 11.4 Å². The predicted octanol–water partition coefficient (Wildman–Crippen LogP) is 1.74. The average Bonchev–Trinajstić information content (AvgIpc) is 2.35. The Kier molecular flexibility index (Phi) is 5.38. The molecule has 1 rings (SSSR count). The van der Waals surface area contributed by atoms with Gasteiger partial charge in [0.25, 0.3) is 0 Å². The number of hydrogen-bond acceptors (Lipinski definition) is 6. The number of nitrogens with zero attached hydrogens (tertiary/aromatic N) is 1. The van der Waals surface area contributed by atoms with Crippen molar-refractivity contribution in [2.45, 2.75) is 6.92 Å². The van der Waals surface area contributed by atoms with Crippen LogP contribution >= 0.6 is 11.8 Å². The summed E-state index contributed by atoms with van der Waals surface area (Å²) in [5.41, 5.74) is 6.54. The van der Waals surface area contributed by atoms with Crippen LogP contribution in [0, 0.1) is 0 Å². The first-order valence-corrected chi connectivity index (χ1v) is 6.17. The molecule has 0 bridgehead atoms. The summed E-state index contributed by atoms with van der Waals surface area (Å²) in [7, 11) is 1.29. The maximum Gasteiger partial charge on any atom is 0.341 e. The van der Waals surface area contributed by atoms with E-state index in [1.54, 1.807) is 18.3 Å². The van der Waals surface area contributed by atoms with E-state index in [1.165, 1.54) is 25.8 Å². The summed E-state index contributed by atoms with van der Waals surface area (Å²) >= 11 is 1.21. The molecular weight excluding hydrogens is 252 g/mol. The van der Waals surface area contributed by atoms with Gasteiger partial charge in [-0.2, -0.15) is 0 Å². The minimum atomic E-state index is -0.520. The summed E-state index contributed by atoms with van der Waals surface area (Å²) in [6, 6.07) is 1.60. The Morgan fingerprint density at radius 3 is 2.89 bits per heavy atom. The van der Waals surface area contributed by atoms with Crippen molar-refractivity contribution in [3.05, 3.63) is 29.5 Å². The zero-order valence-corrected chi connectivity index (χ0v) is 11.0. The monoisotopic (exact) mass is 266 g/mol. The van der Waals surface area contributed by atoms with Gasteiger partial charge in [0.15, 0.2) is 5.12 Å². The Hall–Kier alpha value is -1.82. The number of aromatic nitrogens is 1. The van der Waals surface area contributed by atoms with Gasteiger partial charge in [-0.25, -0.2) is 9.78 Å². The van der Waals surface area contributed by atoms with E-state index in [4.69, 9.17) is 5.73 Å². The number of pyridine rings is 1. The largest absolute Gasteiger partial charge is 0.465 e. The van der Waals surface area contributed by atoms with Gasteiger partial charge in [-0.3, -0.25) is 4.79 Å². The number of anilines is 1. The maximum atomic E-state index is 11.4. The molecule has 18 heavy (non-hydrogen) atoms. The molecule has 96 valence electrons. The van der Waals surface area contributed by atoms with Crippen LogP contribution in [0.2, 0.25) is 0 Å². The van der Waals surface area contributed by atoms with Crippen LogP contribution in [-0.4, -0.2) is 28.9 Å². The third-order valence-corrected chi connectivity index (χ3v) is 2.80. The van der Waals surface area contributed by atoms with Gasteiger partial charge in [0.05, 0.1) is 7.11 Å². The molecule has 1 heterocycles. The van der Waals surface area contributed by atoms with E-state index in [0.29, 0.717) is 5.75 Å². The molecule has 0 unspecified atom stereocenters. The highest BCUT2D eigenvalue weighted by Crippen LogP contribution is 2.13. The van der Waals surface area contributed by atoms with Gasteiger partial charge in [-0.1, -0.05) is 23.9 Å². The second-order valence-electron chi connectivity index (χ2n) is 3.40. The Morgan fingerprint density at radius 2 is 2.28 bits per heavy atom. The first-order chi connectivity index (χ1) is 8.54. The third-order valence-electron chi connectivity index (χ3n) is 2.04. The smallest absolute Gasteiger partial charge is 0.341 e. The third kappa shape index (κ3) is 4.21. The molecule has 2 N–H and O–H groups in total. The van der Waals surface area contributed by atoms with E-state index in [2.05, 4.69) is 9.72 Å². The van der Waals surface area contributed by atoms with Crippen LogP contribution in [0.3, 0.4) is 0 Å². The zero-order chi connectivity index (χ0) is 13.5. The van der Waals surface area contributed by atoms with Crippen molar-refractivity contribution >= 4 is 34.7 Å². The summed E-state index contributed by atoms with van der Waals surface area (Å²) < 4.78 is 4.60. The standard InChI is InChI=1S/C12H14N2O3S/c1-8(15)18-5-3-4-9-6-10(12(16)17-2)11(13)14-7-9/h3-4,6-7H,5H2,1-2H3,(H2,13,14). The number of thioether (sulfide) groups is 1. The van der Waals surface area contributed by atoms with Crippen molar-refractivity contribution < 1.29 is 14.3 Å². The lowest BCUT2D eigenvalue weighted by Gasteiger charge is -2.03. The number of nitrogen functional groups attached to an aromatic ring is 1. The van der Waals surface area contributed by atoms with Crippen molar-refractivity contribution in [1.82, 2.24) is 4.98 Å². The molecule has 5 nitrogen and oxygen atoms in total. The van der Waals surface area contributed by atoms with Gasteiger partial charge in [0.2, 0.25) is 0 Å². The van der Waals surface area contributed by atoms with Crippen molar-refractivity contribution in [1.29, 1.82) is 0 Å². The quantitative estimate of drug-likeness (QED) is 0.836. The lowest BCUT2D eigenvalue weighted by Crippen LogP contribution is -2.07. The minimum Gasteiger partial charge on any atom is -0.465 e. The Balaban J connectivity index is 2.79. The van der Waals surface area contributed by atoms with Crippen LogP contribution in [0.4, 0.5) is 5.82 Å². The molecular formula is C12H14N2O3S. The summed E-state index contributed by atoms with van der Waals surface area (Å²) in [4.78, 5) is 26.0. The molecule has 6 heteroatoms. The Bertz CT molecular complexity index is 486. The van der Waals surface area contributed by atoms with Crippen LogP contribution < -0.4 is 5.73 Å². The summed E-state index contributed by atoms with van der Waals surface area (Å²) in [6.07, 6.45) is 5.14. The zero-order valence-electron chi connectivity index (χ0n) is 10.2. The van der Waals surface area contributed by atoms with Crippen molar-refractivity contribution in [2.24, 2.45) is 0 Å². The number of hydrogen-bond donors (Lipinski definition) is 1. The van der Waals surface area contributed by atoms with E-state index in [-0.39, 0.29) is 16.5 Å². The van der Waals surface area contributed by atoms with Gasteiger partial charge in [-0.05, 0) is 11.6 Å². The Labute approximate surface area is 109 Å². The fourth-order valence-electron chi connectivity index (χ4n) is 1.21. The number of nitrogens with two attached hydrogens (primary N) is 1. The van der Waals surface area contributed by atoms with Crippen LogP contribution in [-0.2, 0) is 9.53 Å². The van der Waals surface area contributed by atoms with Crippen LogP contribution in [0.1, 0.15) is 22.8 Å². The van der Waals surface area contributed by atoms with Crippen molar-refractivity contribution in [3.8, 4) is 0 Å². The van der Waals surface area contributed by atoms with E-state index < -0.39 is 5.97 Å². The molecule has 0 aromatic carbocycles. The molecule has 0 saturated heterocycles. The lowest BCUT2D eigenvalue weighted by atomic mass is 10.2. The van der Waals surface area contributed by atoms with Gasteiger partial charge in [-0.15, -0.1) is 0 Å². The van der Waals surface area contributed by atoms with Crippen molar-refractivity contribution in [2.75, 3.05) is 18.6 Å². The highest BCUT2D eigenvalue weighted by Gasteiger charge is 2.10. The first-order valence-electron chi connectivity index (χ1n) is 5.18. The number of carbonyl (C=O) groups excluding carboxylic acids is 2. The topological polar surface area (TPSA) is 82.3 Å². The van der Waals surface area contributed by atoms with Crippen LogP contribution in [0.25, 0.3) is 6.08 Å². The number of methoxy groups -OCH3 is 1. The highest BCUT2D eigenvalue weighted by molar-refractivity contribution is 8.13. The number of carbonyl (C=O) groups is 2. The second kappa shape index (κ2) is 6.80. The van der Waals surface area contributed by atoms with Crippen molar-refractivity contribution in [3.63, 3.8) is 0 Å². The van der Waals surface area contributed by atoms with E-state index in [9.17, 15) is 9.59 Å². The van der Waals surface area contributed by atoms with E-state index in [0.717, 1.165) is 5.56 Å². The summed E-state index contributed by atoms with van der Waals surface area (Å²) in [5, 5.41) is 0.0605. The maximum absolute atomic E-state index is 11.4. The predicted molar refractivity (Wildman–Crippen MR) is 72.2 cm³/mol. The average molecular weight is 266 g/mol. The molecule has 1 aromatic heterocycles. The first kappa shape index (κ1) is 14.2. The number of ether oxygens (including phenoxy) is 1. The molecule has 0 aliphatic rings.